The molecule has 4 nitrogen and oxygen atoms in total. The fraction of sp³-hybridized carbons (Fsp3) is 0.316. The number of hydrogen-bond donors (Lipinski definition) is 1. The molecule has 2 aromatic rings. The number of aliphatic carboxylic acids is 1. The van der Waals surface area contributed by atoms with Crippen LogP contribution in [-0.4, -0.2) is 17.7 Å². The van der Waals surface area contributed by atoms with E-state index in [0.717, 1.165) is 28.0 Å². The average Bonchev–Trinajstić information content (AvgIpc) is 2.94. The Bertz CT molecular complexity index is 833. The third-order valence-corrected chi connectivity index (χ3v) is 4.97. The van der Waals surface area contributed by atoms with E-state index in [9.17, 15) is 4.79 Å². The number of halogens is 2. The summed E-state index contributed by atoms with van der Waals surface area (Å²) in [5.74, 6) is 0.504. The van der Waals surface area contributed by atoms with Crippen molar-refractivity contribution >= 4 is 29.2 Å². The summed E-state index contributed by atoms with van der Waals surface area (Å²) >= 11 is 12.1. The minimum Gasteiger partial charge on any atom is -0.492 e. The molecule has 0 saturated heterocycles. The van der Waals surface area contributed by atoms with Crippen LogP contribution in [0.25, 0.3) is 0 Å². The summed E-state index contributed by atoms with van der Waals surface area (Å²) in [7, 11) is 0. The van der Waals surface area contributed by atoms with Crippen LogP contribution in [0.4, 0.5) is 0 Å². The van der Waals surface area contributed by atoms with Crippen molar-refractivity contribution in [3.63, 3.8) is 0 Å². The molecule has 132 valence electrons. The summed E-state index contributed by atoms with van der Waals surface area (Å²) in [5.41, 5.74) is 3.66. The molecule has 1 aliphatic heterocycles. The highest BCUT2D eigenvalue weighted by Crippen LogP contribution is 2.44. The Labute approximate surface area is 156 Å². The van der Waals surface area contributed by atoms with Crippen molar-refractivity contribution in [2.45, 2.75) is 32.8 Å². The fourth-order valence-electron chi connectivity index (χ4n) is 3.15. The largest absolute Gasteiger partial charge is 0.492 e. The maximum Gasteiger partial charge on any atom is 0.304 e. The SMILES string of the molecule is Cc1cc(OCc2ccc(Cl)cc2Cl)c(C)c2c1C(CC(=O)O)CO2. The van der Waals surface area contributed by atoms with E-state index in [1.807, 2.05) is 26.0 Å². The van der Waals surface area contributed by atoms with Crippen molar-refractivity contribution in [1.29, 1.82) is 0 Å². The summed E-state index contributed by atoms with van der Waals surface area (Å²) in [6.45, 7) is 4.56. The number of carbonyl (C=O) groups is 1. The molecular weight excluding hydrogens is 363 g/mol. The molecule has 25 heavy (non-hydrogen) atoms. The van der Waals surface area contributed by atoms with E-state index in [1.54, 1.807) is 12.1 Å². The summed E-state index contributed by atoms with van der Waals surface area (Å²) in [6.07, 6.45) is 0.0634. The highest BCUT2D eigenvalue weighted by Gasteiger charge is 2.30. The van der Waals surface area contributed by atoms with Gasteiger partial charge in [0, 0.05) is 32.7 Å². The van der Waals surface area contributed by atoms with E-state index in [4.69, 9.17) is 37.8 Å². The lowest BCUT2D eigenvalue weighted by Gasteiger charge is -2.16. The van der Waals surface area contributed by atoms with Gasteiger partial charge in [-0.15, -0.1) is 0 Å². The molecular formula is C19H18Cl2O4. The number of aryl methyl sites for hydroxylation is 1. The highest BCUT2D eigenvalue weighted by molar-refractivity contribution is 6.35. The molecule has 0 spiro atoms. The smallest absolute Gasteiger partial charge is 0.304 e. The van der Waals surface area contributed by atoms with Crippen LogP contribution in [0.15, 0.2) is 24.3 Å². The molecule has 0 fully saturated rings. The van der Waals surface area contributed by atoms with Crippen molar-refractivity contribution < 1.29 is 19.4 Å². The van der Waals surface area contributed by atoms with Gasteiger partial charge in [0.2, 0.25) is 0 Å². The van der Waals surface area contributed by atoms with E-state index in [0.29, 0.717) is 29.0 Å². The van der Waals surface area contributed by atoms with Crippen LogP contribution in [0.5, 0.6) is 11.5 Å². The first-order valence-corrected chi connectivity index (χ1v) is 8.67. The van der Waals surface area contributed by atoms with Gasteiger partial charge in [0.15, 0.2) is 0 Å². The minimum atomic E-state index is -0.823. The second-order valence-corrected chi connectivity index (χ2v) is 7.03. The van der Waals surface area contributed by atoms with E-state index in [-0.39, 0.29) is 12.3 Å². The van der Waals surface area contributed by atoms with E-state index < -0.39 is 5.97 Å². The monoisotopic (exact) mass is 380 g/mol. The number of carboxylic acids is 1. The molecule has 6 heteroatoms. The van der Waals surface area contributed by atoms with Crippen LogP contribution >= 0.6 is 23.2 Å². The number of hydrogen-bond acceptors (Lipinski definition) is 3. The van der Waals surface area contributed by atoms with Crippen LogP contribution in [0.1, 0.15) is 34.6 Å². The lowest BCUT2D eigenvalue weighted by molar-refractivity contribution is -0.137. The van der Waals surface area contributed by atoms with Crippen molar-refractivity contribution in [3.05, 3.63) is 56.6 Å². The van der Waals surface area contributed by atoms with E-state index >= 15 is 0 Å². The van der Waals surface area contributed by atoms with Gasteiger partial charge in [-0.3, -0.25) is 4.79 Å². The maximum absolute atomic E-state index is 11.0. The normalized spacial score (nSPS) is 15.6. The molecule has 1 heterocycles. The molecule has 1 atom stereocenters. The molecule has 1 aliphatic rings. The summed E-state index contributed by atoms with van der Waals surface area (Å²) < 4.78 is 11.7. The summed E-state index contributed by atoms with van der Waals surface area (Å²) in [5, 5.41) is 10.2. The predicted octanol–water partition coefficient (Wildman–Crippen LogP) is 5.14. The number of fused-ring (bicyclic) bond motifs is 1. The van der Waals surface area contributed by atoms with Crippen LogP contribution in [-0.2, 0) is 11.4 Å². The first-order valence-electron chi connectivity index (χ1n) is 7.92. The van der Waals surface area contributed by atoms with Crippen molar-refractivity contribution in [3.8, 4) is 11.5 Å². The molecule has 0 amide bonds. The average molecular weight is 381 g/mol. The van der Waals surface area contributed by atoms with Gasteiger partial charge in [-0.25, -0.2) is 0 Å². The summed E-state index contributed by atoms with van der Waals surface area (Å²) in [4.78, 5) is 11.0. The highest BCUT2D eigenvalue weighted by atomic mass is 35.5. The molecule has 3 rings (SSSR count). The van der Waals surface area contributed by atoms with Crippen LogP contribution in [0.3, 0.4) is 0 Å². The first kappa shape index (κ1) is 17.9. The Balaban J connectivity index is 1.84. The number of ether oxygens (including phenoxy) is 2. The zero-order valence-electron chi connectivity index (χ0n) is 13.9. The molecule has 0 aliphatic carbocycles. The molecule has 2 aromatic carbocycles. The van der Waals surface area contributed by atoms with Gasteiger partial charge in [0.25, 0.3) is 0 Å². The molecule has 1 N–H and O–H groups in total. The molecule has 1 unspecified atom stereocenters. The number of benzene rings is 2. The standard InChI is InChI=1S/C19H18Cl2O4/c1-10-5-16(24-8-12-3-4-14(20)7-15(12)21)11(2)19-18(10)13(9-25-19)6-17(22)23/h3-5,7,13H,6,8-9H2,1-2H3,(H,22,23). The van der Waals surface area contributed by atoms with Crippen molar-refractivity contribution in [2.75, 3.05) is 6.61 Å². The van der Waals surface area contributed by atoms with Crippen LogP contribution < -0.4 is 9.47 Å². The van der Waals surface area contributed by atoms with Gasteiger partial charge >= 0.3 is 5.97 Å². The number of carboxylic acid groups (broad SMARTS) is 1. The van der Waals surface area contributed by atoms with Gasteiger partial charge in [0.05, 0.1) is 13.0 Å². The molecule has 0 radical (unpaired) electrons. The summed E-state index contributed by atoms with van der Waals surface area (Å²) in [6, 6.07) is 7.22. The molecule has 0 aromatic heterocycles. The Morgan fingerprint density at radius 3 is 2.76 bits per heavy atom. The quantitative estimate of drug-likeness (QED) is 0.779. The lowest BCUT2D eigenvalue weighted by atomic mass is 9.92. The number of rotatable bonds is 5. The van der Waals surface area contributed by atoms with Crippen LogP contribution in [0.2, 0.25) is 10.0 Å². The van der Waals surface area contributed by atoms with Gasteiger partial charge in [0.1, 0.15) is 18.1 Å². The fourth-order valence-corrected chi connectivity index (χ4v) is 3.62. The zero-order chi connectivity index (χ0) is 18.1. The van der Waals surface area contributed by atoms with Gasteiger partial charge in [-0.2, -0.15) is 0 Å². The Morgan fingerprint density at radius 2 is 2.08 bits per heavy atom. The van der Waals surface area contributed by atoms with Crippen LogP contribution in [0, 0.1) is 13.8 Å². The second-order valence-electron chi connectivity index (χ2n) is 6.19. The van der Waals surface area contributed by atoms with Gasteiger partial charge < -0.3 is 14.6 Å². The third-order valence-electron chi connectivity index (χ3n) is 4.38. The molecule has 0 saturated carbocycles. The van der Waals surface area contributed by atoms with Gasteiger partial charge in [-0.1, -0.05) is 29.3 Å². The Kier molecular flexibility index (Phi) is 5.11. The Hall–Kier alpha value is -1.91. The topological polar surface area (TPSA) is 55.8 Å². The first-order chi connectivity index (χ1) is 11.9. The lowest BCUT2D eigenvalue weighted by Crippen LogP contribution is -2.08. The Morgan fingerprint density at radius 1 is 1.32 bits per heavy atom. The minimum absolute atomic E-state index is 0.0634. The van der Waals surface area contributed by atoms with Crippen molar-refractivity contribution in [1.82, 2.24) is 0 Å². The molecule has 0 bridgehead atoms. The second kappa shape index (κ2) is 7.14. The maximum atomic E-state index is 11.0. The van der Waals surface area contributed by atoms with Gasteiger partial charge in [-0.05, 0) is 37.6 Å². The predicted molar refractivity (Wildman–Crippen MR) is 97.2 cm³/mol. The van der Waals surface area contributed by atoms with E-state index in [1.165, 1.54) is 0 Å². The third kappa shape index (κ3) is 3.70. The van der Waals surface area contributed by atoms with E-state index in [2.05, 4.69) is 0 Å². The van der Waals surface area contributed by atoms with Crippen molar-refractivity contribution in [2.24, 2.45) is 0 Å². The zero-order valence-corrected chi connectivity index (χ0v) is 15.4.